The van der Waals surface area contributed by atoms with Crippen molar-refractivity contribution in [2.45, 2.75) is 17.8 Å². The van der Waals surface area contributed by atoms with Gasteiger partial charge >= 0.3 is 0 Å². The number of carbonyl (C=O) groups excluding carboxylic acids is 1. The van der Waals surface area contributed by atoms with Gasteiger partial charge in [-0.15, -0.1) is 0 Å². The number of rotatable bonds is 0. The van der Waals surface area contributed by atoms with Crippen LogP contribution >= 0.6 is 0 Å². The summed E-state index contributed by atoms with van der Waals surface area (Å²) in [6, 6.07) is 46.8. The highest BCUT2D eigenvalue weighted by Gasteiger charge is 2.52. The Labute approximate surface area is 322 Å². The minimum Gasteiger partial charge on any atom is -0.293 e. The van der Waals surface area contributed by atoms with E-state index < -0.39 is 11.3 Å². The number of hydrogen-bond donors (Lipinski definition) is 0. The van der Waals surface area contributed by atoms with Crippen LogP contribution in [0.4, 0.5) is 0 Å². The molecule has 3 nitrogen and oxygen atoms in total. The molecule has 0 aliphatic heterocycles. The third kappa shape index (κ3) is 3.34. The van der Waals surface area contributed by atoms with E-state index in [2.05, 4.69) is 121 Å². The van der Waals surface area contributed by atoms with Crippen LogP contribution in [0.25, 0.3) is 71.3 Å². The number of ketones is 1. The summed E-state index contributed by atoms with van der Waals surface area (Å²) in [6.07, 6.45) is 9.19. The van der Waals surface area contributed by atoms with Crippen LogP contribution in [0.3, 0.4) is 0 Å². The highest BCUT2D eigenvalue weighted by molar-refractivity contribution is 6.21. The van der Waals surface area contributed by atoms with Gasteiger partial charge in [0.1, 0.15) is 0 Å². The molecule has 2 unspecified atom stereocenters. The van der Waals surface area contributed by atoms with E-state index >= 15 is 0 Å². The lowest BCUT2D eigenvalue weighted by molar-refractivity contribution is 0.0974. The summed E-state index contributed by atoms with van der Waals surface area (Å²) in [5.74, 6) is -0.260. The third-order valence-electron chi connectivity index (χ3n) is 13.4. The lowest BCUT2D eigenvalue weighted by Gasteiger charge is -2.36. The number of fused-ring (bicyclic) bond motifs is 19. The predicted octanol–water partition coefficient (Wildman–Crippen LogP) is 11.7. The molecule has 2 heterocycles. The molecule has 0 saturated carbocycles. The average molecular weight is 714 g/mol. The first-order chi connectivity index (χ1) is 27.6. The molecule has 260 valence electrons. The Kier molecular flexibility index (Phi) is 5.59. The van der Waals surface area contributed by atoms with E-state index in [0.29, 0.717) is 11.8 Å². The Morgan fingerprint density at radius 1 is 0.518 bits per heavy atom. The van der Waals surface area contributed by atoms with Gasteiger partial charge in [0.25, 0.3) is 5.56 Å². The Morgan fingerprint density at radius 2 is 1.14 bits per heavy atom. The van der Waals surface area contributed by atoms with Crippen molar-refractivity contribution in [1.29, 1.82) is 0 Å². The SMILES string of the molecule is C=C1/C=C\C=C/Cc2c(ccc3c4cccc5c6ccccc6c(=O)n(c23)c54)C12c1ccccc1-c1c2ccc2c1C1C(=O)c3ccccc3-c3cccc-2c31. The van der Waals surface area contributed by atoms with Gasteiger partial charge in [0.15, 0.2) is 5.78 Å². The van der Waals surface area contributed by atoms with E-state index in [0.717, 1.165) is 110 Å². The summed E-state index contributed by atoms with van der Waals surface area (Å²) in [5, 5.41) is 4.91. The van der Waals surface area contributed by atoms with Gasteiger partial charge in [0, 0.05) is 27.1 Å². The second-order valence-electron chi connectivity index (χ2n) is 15.7. The van der Waals surface area contributed by atoms with E-state index in [1.807, 2.05) is 40.8 Å². The molecule has 13 rings (SSSR count). The number of hydrogen-bond acceptors (Lipinski definition) is 2. The van der Waals surface area contributed by atoms with E-state index in [9.17, 15) is 9.59 Å². The van der Waals surface area contributed by atoms with Crippen molar-refractivity contribution in [1.82, 2.24) is 4.40 Å². The fourth-order valence-electron chi connectivity index (χ4n) is 11.4. The summed E-state index contributed by atoms with van der Waals surface area (Å²) in [4.78, 5) is 29.7. The number of benzene rings is 7. The van der Waals surface area contributed by atoms with Crippen molar-refractivity contribution in [2.24, 2.45) is 0 Å². The molecule has 2 aromatic heterocycles. The molecule has 4 aliphatic rings. The normalized spacial score (nSPS) is 19.7. The number of Topliss-reactive ketones (excluding diaryl/α,β-unsaturated/α-hetero) is 1. The zero-order chi connectivity index (χ0) is 37.0. The first-order valence-electron chi connectivity index (χ1n) is 19.4. The smallest absolute Gasteiger partial charge is 0.263 e. The van der Waals surface area contributed by atoms with Crippen molar-refractivity contribution in [3.8, 4) is 33.4 Å². The van der Waals surface area contributed by atoms with Gasteiger partial charge in [-0.25, -0.2) is 0 Å². The number of allylic oxidation sites excluding steroid dienone is 5. The number of para-hydroxylation sites is 1. The molecule has 0 saturated heterocycles. The minimum atomic E-state index is -0.796. The van der Waals surface area contributed by atoms with Crippen LogP contribution < -0.4 is 5.56 Å². The lowest BCUT2D eigenvalue weighted by Crippen LogP contribution is -2.30. The van der Waals surface area contributed by atoms with E-state index in [4.69, 9.17) is 6.58 Å². The highest BCUT2D eigenvalue weighted by Crippen LogP contribution is 2.64. The summed E-state index contributed by atoms with van der Waals surface area (Å²) in [6.45, 7) is 4.91. The molecular weight excluding hydrogens is 683 g/mol. The van der Waals surface area contributed by atoms with Crippen molar-refractivity contribution in [3.63, 3.8) is 0 Å². The molecular formula is C53H31NO2. The fourth-order valence-corrected chi connectivity index (χ4v) is 11.4. The maximum Gasteiger partial charge on any atom is 0.263 e. The molecule has 7 aromatic carbocycles. The van der Waals surface area contributed by atoms with Gasteiger partial charge in [0.05, 0.1) is 22.4 Å². The molecule has 2 atom stereocenters. The van der Waals surface area contributed by atoms with Gasteiger partial charge in [0.2, 0.25) is 0 Å². The number of nitrogens with zero attached hydrogens (tertiary/aromatic N) is 1. The maximum absolute atomic E-state index is 14.9. The molecule has 3 heteroatoms. The molecule has 0 fully saturated rings. The quantitative estimate of drug-likeness (QED) is 0.147. The first-order valence-corrected chi connectivity index (χ1v) is 19.4. The van der Waals surface area contributed by atoms with Crippen LogP contribution in [-0.2, 0) is 11.8 Å². The summed E-state index contributed by atoms with van der Waals surface area (Å²) >= 11 is 0. The Bertz CT molecular complexity index is 3470. The third-order valence-corrected chi connectivity index (χ3v) is 13.4. The van der Waals surface area contributed by atoms with Crippen LogP contribution in [0.1, 0.15) is 49.7 Å². The largest absolute Gasteiger partial charge is 0.293 e. The zero-order valence-electron chi connectivity index (χ0n) is 30.3. The van der Waals surface area contributed by atoms with Crippen molar-refractivity contribution in [2.75, 3.05) is 0 Å². The number of carbonyl (C=O) groups is 1. The molecule has 56 heavy (non-hydrogen) atoms. The summed E-state index contributed by atoms with van der Waals surface area (Å²) in [7, 11) is 0. The Hall–Kier alpha value is -7.10. The first kappa shape index (κ1) is 30.3. The second-order valence-corrected chi connectivity index (χ2v) is 15.7. The van der Waals surface area contributed by atoms with Crippen LogP contribution in [-0.4, -0.2) is 10.2 Å². The van der Waals surface area contributed by atoms with Gasteiger partial charge in [-0.2, -0.15) is 0 Å². The van der Waals surface area contributed by atoms with Crippen LogP contribution in [0.2, 0.25) is 0 Å². The highest BCUT2D eigenvalue weighted by atomic mass is 16.1. The van der Waals surface area contributed by atoms with Crippen molar-refractivity contribution >= 4 is 43.7 Å². The molecule has 1 spiro atoms. The van der Waals surface area contributed by atoms with E-state index in [-0.39, 0.29) is 11.3 Å². The van der Waals surface area contributed by atoms with Crippen LogP contribution in [0.5, 0.6) is 0 Å². The molecule has 0 amide bonds. The fraction of sp³-hybridized carbons (Fsp3) is 0.0566. The summed E-state index contributed by atoms with van der Waals surface area (Å²) in [5.41, 5.74) is 16.2. The zero-order valence-corrected chi connectivity index (χ0v) is 30.3. The van der Waals surface area contributed by atoms with Gasteiger partial charge in [-0.1, -0.05) is 158 Å². The molecule has 4 aliphatic carbocycles. The minimum absolute atomic E-state index is 0.00254. The predicted molar refractivity (Wildman–Crippen MR) is 227 cm³/mol. The van der Waals surface area contributed by atoms with Gasteiger partial charge in [-0.3, -0.25) is 14.0 Å². The number of pyridine rings is 1. The topological polar surface area (TPSA) is 38.5 Å². The van der Waals surface area contributed by atoms with Crippen molar-refractivity contribution in [3.05, 3.63) is 219 Å². The molecule has 9 aromatic rings. The number of aromatic nitrogens is 1. The Balaban J connectivity index is 1.19. The summed E-state index contributed by atoms with van der Waals surface area (Å²) < 4.78 is 2.00. The van der Waals surface area contributed by atoms with Crippen molar-refractivity contribution < 1.29 is 4.79 Å². The molecule has 0 radical (unpaired) electrons. The molecule has 0 N–H and O–H groups in total. The Morgan fingerprint density at radius 3 is 2.00 bits per heavy atom. The second kappa shape index (κ2) is 10.3. The standard InChI is InChI=1S/C53H31NO2/c1-29-13-3-2-4-19-41-43(27-26-37-36-23-12-22-35-31-15-6-8-17-39(31)52(56)54(49(35)36)50(37)41)53(29)42-24-10-9-18-40(42)46-44(53)28-25-34-33-21-11-20-32-30-14-5-7-16-38(30)51(55)48(45(32)33)47(34)46/h2-18,20-28,48H,1,19H2/b4-2-,13-3-. The van der Waals surface area contributed by atoms with Crippen LogP contribution in [0.15, 0.2) is 175 Å². The van der Waals surface area contributed by atoms with Crippen LogP contribution in [0, 0.1) is 0 Å². The van der Waals surface area contributed by atoms with E-state index in [1.54, 1.807) is 0 Å². The van der Waals surface area contributed by atoms with Gasteiger partial charge < -0.3 is 0 Å². The average Bonchev–Trinajstić information content (AvgIpc) is 3.88. The monoisotopic (exact) mass is 713 g/mol. The van der Waals surface area contributed by atoms with Gasteiger partial charge in [-0.05, 0) is 90.2 Å². The lowest BCUT2D eigenvalue weighted by atomic mass is 9.65. The van der Waals surface area contributed by atoms with E-state index in [1.165, 1.54) is 0 Å². The molecule has 0 bridgehead atoms. The maximum atomic E-state index is 14.9.